The highest BCUT2D eigenvalue weighted by Crippen LogP contribution is 2.10. The molecule has 1 aromatic rings. The molecule has 0 fully saturated rings. The molecule has 0 aliphatic carbocycles. The average Bonchev–Trinajstić information content (AvgIpc) is 2.75. The highest BCUT2D eigenvalue weighted by atomic mass is 32.2. The second kappa shape index (κ2) is 6.94. The molecule has 0 saturated carbocycles. The van der Waals surface area contributed by atoms with Gasteiger partial charge in [0.2, 0.25) is 0 Å². The molecule has 9 heteroatoms. The summed E-state index contributed by atoms with van der Waals surface area (Å²) in [6, 6.07) is -0.427. The number of hydrogen-bond donors (Lipinski definition) is 2. The molecule has 1 atom stereocenters. The average molecular weight is 290 g/mol. The molecular formula is C10H22N6O2S. The first-order chi connectivity index (χ1) is 8.88. The Balaban J connectivity index is 2.61. The maximum atomic E-state index is 12.1. The number of aryl methyl sites for hydroxylation is 1. The van der Waals surface area contributed by atoms with Gasteiger partial charge in [0.15, 0.2) is 5.82 Å². The zero-order valence-corrected chi connectivity index (χ0v) is 12.6. The van der Waals surface area contributed by atoms with Crippen molar-refractivity contribution in [3.05, 3.63) is 12.2 Å². The number of nitrogens with zero attached hydrogens (tertiary/aromatic N) is 4. The zero-order chi connectivity index (χ0) is 14.5. The normalized spacial score (nSPS) is 13.9. The van der Waals surface area contributed by atoms with E-state index in [1.807, 2.05) is 7.05 Å². The molecule has 0 aliphatic heterocycles. The van der Waals surface area contributed by atoms with Crippen molar-refractivity contribution in [3.63, 3.8) is 0 Å². The predicted octanol–water partition coefficient (Wildman–Crippen LogP) is -0.748. The quantitative estimate of drug-likeness (QED) is 0.615. The summed E-state index contributed by atoms with van der Waals surface area (Å²) in [6.07, 6.45) is 2.29. The number of nitrogens with one attached hydrogen (secondary N) is 2. The van der Waals surface area contributed by atoms with Gasteiger partial charge in [-0.2, -0.15) is 17.4 Å². The lowest BCUT2D eigenvalue weighted by Gasteiger charge is -2.20. The van der Waals surface area contributed by atoms with Crippen LogP contribution in [-0.4, -0.2) is 54.7 Å². The van der Waals surface area contributed by atoms with Crippen molar-refractivity contribution in [1.82, 2.24) is 29.1 Å². The molecule has 1 unspecified atom stereocenters. The van der Waals surface area contributed by atoms with Gasteiger partial charge in [0.05, 0.1) is 6.04 Å². The van der Waals surface area contributed by atoms with E-state index >= 15 is 0 Å². The molecule has 0 saturated heterocycles. The minimum absolute atomic E-state index is 0.427. The molecule has 1 aromatic heterocycles. The first kappa shape index (κ1) is 16.0. The second-order valence-electron chi connectivity index (χ2n) is 4.42. The van der Waals surface area contributed by atoms with E-state index in [4.69, 9.17) is 0 Å². The Labute approximate surface area is 114 Å². The predicted molar refractivity (Wildman–Crippen MR) is 72.6 cm³/mol. The Kier molecular flexibility index (Phi) is 5.85. The van der Waals surface area contributed by atoms with Crippen LogP contribution < -0.4 is 10.0 Å². The standard InChI is InChI=1S/C10H22N6O2S/c1-9(10-13-12-8-15(10)3)14-19(17,18)16(4)7-5-6-11-2/h8-9,11,14H,5-7H2,1-4H3. The van der Waals surface area contributed by atoms with E-state index in [1.165, 1.54) is 10.6 Å². The van der Waals surface area contributed by atoms with Crippen LogP contribution in [0.15, 0.2) is 6.33 Å². The second-order valence-corrected chi connectivity index (χ2v) is 6.23. The third kappa shape index (κ3) is 4.53. The Hall–Kier alpha value is -1.03. The number of hydrogen-bond acceptors (Lipinski definition) is 5. The van der Waals surface area contributed by atoms with Crippen LogP contribution in [0.4, 0.5) is 0 Å². The van der Waals surface area contributed by atoms with Crippen molar-refractivity contribution in [3.8, 4) is 0 Å². The molecule has 0 bridgehead atoms. The van der Waals surface area contributed by atoms with Crippen LogP contribution in [0.2, 0.25) is 0 Å². The van der Waals surface area contributed by atoms with E-state index in [0.29, 0.717) is 12.4 Å². The van der Waals surface area contributed by atoms with Gasteiger partial charge in [-0.25, -0.2) is 0 Å². The Morgan fingerprint density at radius 2 is 2.21 bits per heavy atom. The van der Waals surface area contributed by atoms with Gasteiger partial charge in [0.1, 0.15) is 6.33 Å². The minimum Gasteiger partial charge on any atom is -0.320 e. The van der Waals surface area contributed by atoms with Crippen LogP contribution in [-0.2, 0) is 17.3 Å². The molecule has 110 valence electrons. The van der Waals surface area contributed by atoms with Crippen LogP contribution in [0.25, 0.3) is 0 Å². The number of aromatic nitrogens is 3. The fourth-order valence-corrected chi connectivity index (χ4v) is 2.75. The van der Waals surface area contributed by atoms with Gasteiger partial charge in [-0.15, -0.1) is 10.2 Å². The van der Waals surface area contributed by atoms with Crippen LogP contribution in [0, 0.1) is 0 Å². The monoisotopic (exact) mass is 290 g/mol. The summed E-state index contributed by atoms with van der Waals surface area (Å²) in [4.78, 5) is 0. The molecule has 2 N–H and O–H groups in total. The van der Waals surface area contributed by atoms with Crippen LogP contribution in [0.3, 0.4) is 0 Å². The van der Waals surface area contributed by atoms with Crippen molar-refractivity contribution in [1.29, 1.82) is 0 Å². The van der Waals surface area contributed by atoms with E-state index < -0.39 is 16.3 Å². The van der Waals surface area contributed by atoms with E-state index in [1.54, 1.807) is 25.6 Å². The van der Waals surface area contributed by atoms with Gasteiger partial charge >= 0.3 is 0 Å². The molecule has 1 rings (SSSR count). The minimum atomic E-state index is -3.51. The van der Waals surface area contributed by atoms with E-state index in [2.05, 4.69) is 20.2 Å². The van der Waals surface area contributed by atoms with Crippen molar-refractivity contribution >= 4 is 10.2 Å². The summed E-state index contributed by atoms with van der Waals surface area (Å²) in [5.41, 5.74) is 0. The topological polar surface area (TPSA) is 92.2 Å². The molecule has 0 aliphatic rings. The first-order valence-electron chi connectivity index (χ1n) is 6.10. The molecule has 0 radical (unpaired) electrons. The smallest absolute Gasteiger partial charge is 0.279 e. The maximum absolute atomic E-state index is 12.1. The largest absolute Gasteiger partial charge is 0.320 e. The molecule has 8 nitrogen and oxygen atoms in total. The summed E-state index contributed by atoms with van der Waals surface area (Å²) in [5.74, 6) is 0.576. The SMILES string of the molecule is CNCCCN(C)S(=O)(=O)NC(C)c1nncn1C. The summed E-state index contributed by atoms with van der Waals surface area (Å²) in [6.45, 7) is 2.98. The van der Waals surface area contributed by atoms with Gasteiger partial charge in [-0.3, -0.25) is 0 Å². The molecule has 0 amide bonds. The zero-order valence-electron chi connectivity index (χ0n) is 11.8. The summed E-state index contributed by atoms with van der Waals surface area (Å²) >= 11 is 0. The van der Waals surface area contributed by atoms with E-state index in [0.717, 1.165) is 13.0 Å². The summed E-state index contributed by atoms with van der Waals surface area (Å²) in [5, 5.41) is 10.6. The van der Waals surface area contributed by atoms with Crippen molar-refractivity contribution < 1.29 is 8.42 Å². The first-order valence-corrected chi connectivity index (χ1v) is 7.54. The maximum Gasteiger partial charge on any atom is 0.279 e. The number of rotatable bonds is 8. The lowest BCUT2D eigenvalue weighted by Crippen LogP contribution is -2.40. The third-order valence-electron chi connectivity index (χ3n) is 2.77. The molecule has 19 heavy (non-hydrogen) atoms. The molecule has 1 heterocycles. The summed E-state index contributed by atoms with van der Waals surface area (Å²) in [7, 11) is 1.66. The van der Waals surface area contributed by atoms with Gasteiger partial charge in [-0.1, -0.05) is 0 Å². The highest BCUT2D eigenvalue weighted by molar-refractivity contribution is 7.87. The fourth-order valence-electron chi connectivity index (χ4n) is 1.65. The Bertz CT molecular complexity index is 486. The third-order valence-corrected chi connectivity index (χ3v) is 4.42. The van der Waals surface area contributed by atoms with Crippen LogP contribution in [0.5, 0.6) is 0 Å². The van der Waals surface area contributed by atoms with E-state index in [-0.39, 0.29) is 0 Å². The van der Waals surface area contributed by atoms with Crippen molar-refractivity contribution in [2.75, 3.05) is 27.2 Å². The molecular weight excluding hydrogens is 268 g/mol. The molecule has 0 aromatic carbocycles. The molecule has 0 spiro atoms. The lowest BCUT2D eigenvalue weighted by atomic mass is 10.3. The van der Waals surface area contributed by atoms with Crippen molar-refractivity contribution in [2.24, 2.45) is 7.05 Å². The van der Waals surface area contributed by atoms with Gasteiger partial charge in [-0.05, 0) is 26.9 Å². The summed E-state index contributed by atoms with van der Waals surface area (Å²) < 4.78 is 29.7. The fraction of sp³-hybridized carbons (Fsp3) is 0.800. The Morgan fingerprint density at radius 1 is 1.53 bits per heavy atom. The van der Waals surface area contributed by atoms with E-state index in [9.17, 15) is 8.42 Å². The van der Waals surface area contributed by atoms with Crippen LogP contribution >= 0.6 is 0 Å². The lowest BCUT2D eigenvalue weighted by molar-refractivity contribution is 0.438. The van der Waals surface area contributed by atoms with Gasteiger partial charge in [0, 0.05) is 20.6 Å². The van der Waals surface area contributed by atoms with Crippen molar-refractivity contribution in [2.45, 2.75) is 19.4 Å². The highest BCUT2D eigenvalue weighted by Gasteiger charge is 2.22. The van der Waals surface area contributed by atoms with Crippen LogP contribution in [0.1, 0.15) is 25.2 Å². The van der Waals surface area contributed by atoms with Gasteiger partial charge in [0.25, 0.3) is 10.2 Å². The Morgan fingerprint density at radius 3 is 2.74 bits per heavy atom. The van der Waals surface area contributed by atoms with Gasteiger partial charge < -0.3 is 9.88 Å².